The van der Waals surface area contributed by atoms with Crippen molar-refractivity contribution in [3.63, 3.8) is 0 Å². The summed E-state index contributed by atoms with van der Waals surface area (Å²) in [5.41, 5.74) is -0.157. The summed E-state index contributed by atoms with van der Waals surface area (Å²) in [6.07, 6.45) is 2.45. The molecule has 0 aliphatic carbocycles. The molecule has 0 aliphatic heterocycles. The first-order chi connectivity index (χ1) is 10.9. The molecule has 0 saturated heterocycles. The molecule has 1 unspecified atom stereocenters. The van der Waals surface area contributed by atoms with Crippen LogP contribution in [-0.4, -0.2) is 34.3 Å². The van der Waals surface area contributed by atoms with E-state index < -0.39 is 17.4 Å². The summed E-state index contributed by atoms with van der Waals surface area (Å²) < 4.78 is 5.17. The number of benzene rings is 1. The molecule has 2 aromatic rings. The van der Waals surface area contributed by atoms with Gasteiger partial charge >= 0.3 is 5.97 Å². The SMILES string of the molecule is COc1cccc(C(C)(CC(=O)O)NC(=O)c2ccnnc2)c1. The molecular weight excluding hydrogens is 298 g/mol. The third-order valence-corrected chi connectivity index (χ3v) is 3.45. The number of amides is 1. The highest BCUT2D eigenvalue weighted by atomic mass is 16.5. The summed E-state index contributed by atoms with van der Waals surface area (Å²) in [6.45, 7) is 1.66. The molecule has 0 spiro atoms. The molecule has 120 valence electrons. The zero-order valence-electron chi connectivity index (χ0n) is 12.8. The Balaban J connectivity index is 2.35. The summed E-state index contributed by atoms with van der Waals surface area (Å²) in [4.78, 5) is 23.6. The van der Waals surface area contributed by atoms with Crippen LogP contribution in [0.25, 0.3) is 0 Å². The van der Waals surface area contributed by atoms with E-state index in [1.165, 1.54) is 25.6 Å². The molecule has 0 radical (unpaired) electrons. The molecule has 2 N–H and O–H groups in total. The van der Waals surface area contributed by atoms with Crippen molar-refractivity contribution >= 4 is 11.9 Å². The van der Waals surface area contributed by atoms with Crippen molar-refractivity contribution in [3.8, 4) is 5.75 Å². The second kappa shape index (κ2) is 6.87. The van der Waals surface area contributed by atoms with Gasteiger partial charge in [-0.05, 0) is 30.7 Å². The predicted molar refractivity (Wildman–Crippen MR) is 82.1 cm³/mol. The van der Waals surface area contributed by atoms with Crippen molar-refractivity contribution in [2.45, 2.75) is 18.9 Å². The number of carbonyl (C=O) groups is 2. The van der Waals surface area contributed by atoms with E-state index >= 15 is 0 Å². The first-order valence-corrected chi connectivity index (χ1v) is 6.90. The molecule has 1 aromatic carbocycles. The molecule has 2 rings (SSSR count). The average molecular weight is 315 g/mol. The largest absolute Gasteiger partial charge is 0.497 e. The maximum atomic E-state index is 12.4. The number of hydrogen-bond acceptors (Lipinski definition) is 5. The molecule has 0 saturated carbocycles. The van der Waals surface area contributed by atoms with Gasteiger partial charge in [-0.15, -0.1) is 0 Å². The summed E-state index contributed by atoms with van der Waals surface area (Å²) in [7, 11) is 1.52. The monoisotopic (exact) mass is 315 g/mol. The number of aliphatic carboxylic acids is 1. The average Bonchev–Trinajstić information content (AvgIpc) is 2.55. The summed E-state index contributed by atoms with van der Waals surface area (Å²) >= 11 is 0. The van der Waals surface area contributed by atoms with Crippen molar-refractivity contribution < 1.29 is 19.4 Å². The van der Waals surface area contributed by atoms with Gasteiger partial charge < -0.3 is 15.2 Å². The summed E-state index contributed by atoms with van der Waals surface area (Å²) in [6, 6.07) is 8.45. The summed E-state index contributed by atoms with van der Waals surface area (Å²) in [5, 5.41) is 19.2. The lowest BCUT2D eigenvalue weighted by atomic mass is 9.88. The van der Waals surface area contributed by atoms with Gasteiger partial charge in [0.2, 0.25) is 0 Å². The smallest absolute Gasteiger partial charge is 0.306 e. The molecule has 7 heteroatoms. The second-order valence-corrected chi connectivity index (χ2v) is 5.22. The lowest BCUT2D eigenvalue weighted by molar-refractivity contribution is -0.138. The second-order valence-electron chi connectivity index (χ2n) is 5.22. The minimum absolute atomic E-state index is 0.273. The van der Waals surface area contributed by atoms with Crippen LogP contribution in [0.5, 0.6) is 5.75 Å². The highest BCUT2D eigenvalue weighted by Gasteiger charge is 2.32. The Hall–Kier alpha value is -2.96. The number of hydrogen-bond donors (Lipinski definition) is 2. The molecule has 1 amide bonds. The summed E-state index contributed by atoms with van der Waals surface area (Å²) in [5.74, 6) is -0.867. The van der Waals surface area contributed by atoms with Crippen LogP contribution in [0.2, 0.25) is 0 Å². The molecule has 1 aromatic heterocycles. The zero-order valence-corrected chi connectivity index (χ0v) is 12.8. The number of methoxy groups -OCH3 is 1. The van der Waals surface area contributed by atoms with Crippen LogP contribution in [0.15, 0.2) is 42.7 Å². The van der Waals surface area contributed by atoms with E-state index in [0.717, 1.165) is 0 Å². The first-order valence-electron chi connectivity index (χ1n) is 6.90. The van der Waals surface area contributed by atoms with Crippen LogP contribution >= 0.6 is 0 Å². The number of carboxylic acids is 1. The molecule has 1 heterocycles. The zero-order chi connectivity index (χ0) is 16.9. The fourth-order valence-corrected chi connectivity index (χ4v) is 2.23. The quantitative estimate of drug-likeness (QED) is 0.839. The number of aromatic nitrogens is 2. The highest BCUT2D eigenvalue weighted by molar-refractivity contribution is 5.94. The molecule has 0 bridgehead atoms. The van der Waals surface area contributed by atoms with Gasteiger partial charge in [0.25, 0.3) is 5.91 Å². The van der Waals surface area contributed by atoms with Gasteiger partial charge in [-0.1, -0.05) is 12.1 Å². The molecule has 0 fully saturated rings. The van der Waals surface area contributed by atoms with Crippen LogP contribution in [-0.2, 0) is 10.3 Å². The third-order valence-electron chi connectivity index (χ3n) is 3.45. The van der Waals surface area contributed by atoms with Crippen molar-refractivity contribution in [3.05, 3.63) is 53.9 Å². The normalized spacial score (nSPS) is 13.0. The molecular formula is C16H17N3O4. The Labute approximate surface area is 133 Å². The Morgan fingerprint density at radius 2 is 2.09 bits per heavy atom. The van der Waals surface area contributed by atoms with Gasteiger partial charge in [0.15, 0.2) is 0 Å². The number of nitrogens with one attached hydrogen (secondary N) is 1. The lowest BCUT2D eigenvalue weighted by Crippen LogP contribution is -2.45. The predicted octanol–water partition coefficient (Wildman–Crippen LogP) is 1.61. The van der Waals surface area contributed by atoms with Crippen molar-refractivity contribution in [2.24, 2.45) is 0 Å². The maximum Gasteiger partial charge on any atom is 0.306 e. The number of carbonyl (C=O) groups excluding carboxylic acids is 1. The molecule has 7 nitrogen and oxygen atoms in total. The Morgan fingerprint density at radius 1 is 1.30 bits per heavy atom. The van der Waals surface area contributed by atoms with Gasteiger partial charge in [0, 0.05) is 0 Å². The van der Waals surface area contributed by atoms with Crippen LogP contribution in [0.4, 0.5) is 0 Å². The minimum atomic E-state index is -1.10. The van der Waals surface area contributed by atoms with Crippen LogP contribution < -0.4 is 10.1 Å². The van der Waals surface area contributed by atoms with E-state index in [4.69, 9.17) is 4.74 Å². The Kier molecular flexibility index (Phi) is 4.90. The van der Waals surface area contributed by atoms with E-state index in [9.17, 15) is 14.7 Å². The third kappa shape index (κ3) is 4.03. The van der Waals surface area contributed by atoms with Gasteiger partial charge in [-0.3, -0.25) is 9.59 Å². The van der Waals surface area contributed by atoms with Crippen LogP contribution in [0.3, 0.4) is 0 Å². The standard InChI is InChI=1S/C16H17N3O4/c1-16(9-14(20)21,12-4-3-5-13(8-12)23-2)19-15(22)11-6-7-17-18-10-11/h3-8,10H,9H2,1-2H3,(H,19,22)(H,20,21). The molecule has 0 aliphatic rings. The van der Waals surface area contributed by atoms with Crippen LogP contribution in [0, 0.1) is 0 Å². The number of nitrogens with zero attached hydrogens (tertiary/aromatic N) is 2. The van der Waals surface area contributed by atoms with Crippen LogP contribution in [0.1, 0.15) is 29.3 Å². The van der Waals surface area contributed by atoms with E-state index in [-0.39, 0.29) is 6.42 Å². The number of carboxylic acid groups (broad SMARTS) is 1. The fourth-order valence-electron chi connectivity index (χ4n) is 2.23. The van der Waals surface area contributed by atoms with Gasteiger partial charge in [0.05, 0.1) is 37.0 Å². The van der Waals surface area contributed by atoms with Crippen molar-refractivity contribution in [1.29, 1.82) is 0 Å². The minimum Gasteiger partial charge on any atom is -0.497 e. The van der Waals surface area contributed by atoms with E-state index in [1.54, 1.807) is 31.2 Å². The number of ether oxygens (including phenoxy) is 1. The first kappa shape index (κ1) is 16.4. The van der Waals surface area contributed by atoms with E-state index in [1.807, 2.05) is 0 Å². The molecule has 23 heavy (non-hydrogen) atoms. The lowest BCUT2D eigenvalue weighted by Gasteiger charge is -2.30. The molecule has 1 atom stereocenters. The topological polar surface area (TPSA) is 101 Å². The maximum absolute atomic E-state index is 12.4. The Morgan fingerprint density at radius 3 is 2.70 bits per heavy atom. The van der Waals surface area contributed by atoms with E-state index in [0.29, 0.717) is 16.9 Å². The fraction of sp³-hybridized carbons (Fsp3) is 0.250. The highest BCUT2D eigenvalue weighted by Crippen LogP contribution is 2.28. The van der Waals surface area contributed by atoms with Crippen molar-refractivity contribution in [1.82, 2.24) is 15.5 Å². The van der Waals surface area contributed by atoms with E-state index in [2.05, 4.69) is 15.5 Å². The van der Waals surface area contributed by atoms with Gasteiger partial charge in [-0.2, -0.15) is 10.2 Å². The van der Waals surface area contributed by atoms with Crippen molar-refractivity contribution in [2.75, 3.05) is 7.11 Å². The Bertz CT molecular complexity index is 705. The number of rotatable bonds is 6. The van der Waals surface area contributed by atoms with Gasteiger partial charge in [0.1, 0.15) is 5.75 Å². The van der Waals surface area contributed by atoms with Gasteiger partial charge in [-0.25, -0.2) is 0 Å².